The largest absolute Gasteiger partial charge is 0.497 e. The molecule has 2 rings (SSSR count). The molecule has 0 spiro atoms. The molecule has 0 radical (unpaired) electrons. The van der Waals surface area contributed by atoms with Gasteiger partial charge in [0.25, 0.3) is 10.0 Å². The highest BCUT2D eigenvalue weighted by Crippen LogP contribution is 2.27. The van der Waals surface area contributed by atoms with Gasteiger partial charge in [-0.3, -0.25) is 4.31 Å². The molecule has 144 valence electrons. The number of anilines is 1. The monoisotopic (exact) mass is 453 g/mol. The van der Waals surface area contributed by atoms with Crippen molar-refractivity contribution in [3.8, 4) is 5.75 Å². The Balaban J connectivity index is 2.46. The number of esters is 1. The zero-order valence-electron chi connectivity index (χ0n) is 15.0. The number of halogens is 1. The van der Waals surface area contributed by atoms with E-state index < -0.39 is 16.0 Å². The second-order valence-electron chi connectivity index (χ2n) is 5.49. The Hall–Kier alpha value is -2.32. The quantitative estimate of drug-likeness (QED) is 0.449. The molecular weight excluding hydrogens is 434 g/mol. The predicted octanol–water partition coefficient (Wildman–Crippen LogP) is 3.77. The molecule has 0 amide bonds. The van der Waals surface area contributed by atoms with E-state index in [1.165, 1.54) is 19.2 Å². The smallest absolute Gasteiger partial charge is 0.335 e. The molecule has 0 N–H and O–H groups in total. The molecule has 0 aromatic heterocycles. The van der Waals surface area contributed by atoms with Gasteiger partial charge in [-0.1, -0.05) is 22.5 Å². The maximum atomic E-state index is 13.2. The van der Waals surface area contributed by atoms with E-state index >= 15 is 0 Å². The molecule has 0 saturated carbocycles. The number of hydrogen-bond acceptors (Lipinski definition) is 5. The summed E-state index contributed by atoms with van der Waals surface area (Å²) in [7, 11) is -2.41. The highest BCUT2D eigenvalue weighted by atomic mass is 79.9. The average Bonchev–Trinajstić information content (AvgIpc) is 2.66. The highest BCUT2D eigenvalue weighted by molar-refractivity contribution is 9.10. The lowest BCUT2D eigenvalue weighted by Gasteiger charge is -2.25. The topological polar surface area (TPSA) is 72.9 Å². The average molecular weight is 454 g/mol. The number of ether oxygens (including phenoxy) is 2. The van der Waals surface area contributed by atoms with Gasteiger partial charge in [-0.05, 0) is 55.5 Å². The van der Waals surface area contributed by atoms with Crippen molar-refractivity contribution < 1.29 is 22.7 Å². The lowest BCUT2D eigenvalue weighted by Crippen LogP contribution is -2.34. The number of benzene rings is 2. The van der Waals surface area contributed by atoms with Crippen molar-refractivity contribution in [3.63, 3.8) is 0 Å². The molecule has 6 nitrogen and oxygen atoms in total. The summed E-state index contributed by atoms with van der Waals surface area (Å²) in [5.41, 5.74) is 0.414. The third-order valence-corrected chi connectivity index (χ3v) is 5.98. The fourth-order valence-electron chi connectivity index (χ4n) is 2.27. The normalized spacial score (nSPS) is 10.9. The van der Waals surface area contributed by atoms with Crippen LogP contribution in [0.25, 0.3) is 0 Å². The fraction of sp³-hybridized carbons (Fsp3) is 0.211. The molecule has 0 bridgehead atoms. The van der Waals surface area contributed by atoms with Crippen LogP contribution in [0.1, 0.15) is 6.92 Å². The van der Waals surface area contributed by atoms with Gasteiger partial charge in [-0.2, -0.15) is 0 Å². The minimum atomic E-state index is -3.93. The van der Waals surface area contributed by atoms with Crippen molar-refractivity contribution >= 4 is 37.6 Å². The Morgan fingerprint density at radius 2 is 1.70 bits per heavy atom. The first-order valence-electron chi connectivity index (χ1n) is 8.07. The van der Waals surface area contributed by atoms with Crippen LogP contribution in [0.5, 0.6) is 5.75 Å². The zero-order chi connectivity index (χ0) is 20.0. The van der Waals surface area contributed by atoms with Gasteiger partial charge in [0.2, 0.25) is 0 Å². The van der Waals surface area contributed by atoms with E-state index in [0.29, 0.717) is 11.4 Å². The fourth-order valence-corrected chi connectivity index (χ4v) is 3.99. The molecule has 8 heteroatoms. The zero-order valence-corrected chi connectivity index (χ0v) is 17.4. The number of hydrogen-bond donors (Lipinski definition) is 0. The summed E-state index contributed by atoms with van der Waals surface area (Å²) in [5, 5.41) is 0. The number of rotatable bonds is 8. The molecule has 0 aliphatic heterocycles. The number of carbonyl (C=O) groups excluding carboxylic acids is 1. The van der Waals surface area contributed by atoms with E-state index in [9.17, 15) is 13.2 Å². The van der Waals surface area contributed by atoms with E-state index in [4.69, 9.17) is 9.47 Å². The molecule has 2 aromatic carbocycles. The number of methoxy groups -OCH3 is 1. The predicted molar refractivity (Wildman–Crippen MR) is 107 cm³/mol. The van der Waals surface area contributed by atoms with E-state index in [0.717, 1.165) is 8.78 Å². The molecule has 0 saturated heterocycles. The molecule has 0 aliphatic rings. The SMILES string of the molecule is C=C(CN(c1ccc(OC)cc1)S(=O)(=O)c1ccc(Br)cc1)C(=O)OCC. The number of sulfonamides is 1. The van der Waals surface area contributed by atoms with Crippen LogP contribution in [0.15, 0.2) is 70.1 Å². The molecule has 0 heterocycles. The van der Waals surface area contributed by atoms with Crippen molar-refractivity contribution in [1.29, 1.82) is 0 Å². The number of nitrogens with zero attached hydrogens (tertiary/aromatic N) is 1. The summed E-state index contributed by atoms with van der Waals surface area (Å²) in [6.07, 6.45) is 0. The van der Waals surface area contributed by atoms with Crippen LogP contribution in [0.3, 0.4) is 0 Å². The summed E-state index contributed by atoms with van der Waals surface area (Å²) in [4.78, 5) is 12.0. The van der Waals surface area contributed by atoms with Crippen LogP contribution in [-0.4, -0.2) is 34.6 Å². The van der Waals surface area contributed by atoms with Crippen molar-refractivity contribution in [2.45, 2.75) is 11.8 Å². The minimum absolute atomic E-state index is 0.0355. The maximum Gasteiger partial charge on any atom is 0.335 e. The van der Waals surface area contributed by atoms with Crippen molar-refractivity contribution in [2.24, 2.45) is 0 Å². The van der Waals surface area contributed by atoms with Crippen LogP contribution in [-0.2, 0) is 19.6 Å². The highest BCUT2D eigenvalue weighted by Gasteiger charge is 2.27. The molecule has 0 atom stereocenters. The van der Waals surface area contributed by atoms with Crippen LogP contribution >= 0.6 is 15.9 Å². The first kappa shape index (κ1) is 21.0. The van der Waals surface area contributed by atoms with Gasteiger partial charge in [0.15, 0.2) is 0 Å². The van der Waals surface area contributed by atoms with E-state index in [1.807, 2.05) is 0 Å². The van der Waals surface area contributed by atoms with Gasteiger partial charge in [0, 0.05) is 4.47 Å². The molecule has 0 unspecified atom stereocenters. The summed E-state index contributed by atoms with van der Waals surface area (Å²) in [6, 6.07) is 12.8. The third kappa shape index (κ3) is 5.11. The summed E-state index contributed by atoms with van der Waals surface area (Å²) >= 11 is 3.29. The van der Waals surface area contributed by atoms with Gasteiger partial charge in [0.1, 0.15) is 5.75 Å². The first-order valence-corrected chi connectivity index (χ1v) is 10.3. The summed E-state index contributed by atoms with van der Waals surface area (Å²) in [6.45, 7) is 5.30. The van der Waals surface area contributed by atoms with Gasteiger partial charge in [0.05, 0.1) is 36.4 Å². The molecule has 2 aromatic rings. The van der Waals surface area contributed by atoms with Gasteiger partial charge >= 0.3 is 5.97 Å². The van der Waals surface area contributed by atoms with E-state index in [-0.39, 0.29) is 23.6 Å². The van der Waals surface area contributed by atoms with Crippen molar-refractivity contribution in [3.05, 3.63) is 65.2 Å². The molecular formula is C19H20BrNO5S. The summed E-state index contributed by atoms with van der Waals surface area (Å²) in [5.74, 6) is -0.0500. The summed E-state index contributed by atoms with van der Waals surface area (Å²) < 4.78 is 38.3. The number of carbonyl (C=O) groups is 1. The second kappa shape index (κ2) is 9.05. The van der Waals surface area contributed by atoms with Gasteiger partial charge in [-0.25, -0.2) is 13.2 Å². The standard InChI is InChI=1S/C19H20BrNO5S/c1-4-26-19(22)14(2)13-21(16-7-9-17(25-3)10-8-16)27(23,24)18-11-5-15(20)6-12-18/h5-12H,2,4,13H2,1,3H3. The van der Waals surface area contributed by atoms with Gasteiger partial charge < -0.3 is 9.47 Å². The molecule has 0 fully saturated rings. The lowest BCUT2D eigenvalue weighted by molar-refractivity contribution is -0.138. The second-order valence-corrected chi connectivity index (χ2v) is 8.27. The van der Waals surface area contributed by atoms with Crippen molar-refractivity contribution in [2.75, 3.05) is 24.6 Å². The van der Waals surface area contributed by atoms with Gasteiger partial charge in [-0.15, -0.1) is 0 Å². The van der Waals surface area contributed by atoms with Crippen LogP contribution in [0.4, 0.5) is 5.69 Å². The Morgan fingerprint density at radius 1 is 1.11 bits per heavy atom. The van der Waals surface area contributed by atoms with Crippen molar-refractivity contribution in [1.82, 2.24) is 0 Å². The van der Waals surface area contributed by atoms with Crippen LogP contribution in [0.2, 0.25) is 0 Å². The Morgan fingerprint density at radius 3 is 2.22 bits per heavy atom. The Labute approximate surface area is 167 Å². The minimum Gasteiger partial charge on any atom is -0.497 e. The third-order valence-electron chi connectivity index (χ3n) is 3.66. The van der Waals surface area contributed by atoms with E-state index in [1.54, 1.807) is 43.3 Å². The lowest BCUT2D eigenvalue weighted by atomic mass is 10.2. The Kier molecular flexibility index (Phi) is 7.04. The van der Waals surface area contributed by atoms with Crippen LogP contribution < -0.4 is 9.04 Å². The van der Waals surface area contributed by atoms with Crippen LogP contribution in [0, 0.1) is 0 Å². The molecule has 0 aliphatic carbocycles. The molecule has 27 heavy (non-hydrogen) atoms. The maximum absolute atomic E-state index is 13.2. The van der Waals surface area contributed by atoms with E-state index in [2.05, 4.69) is 22.5 Å². The first-order chi connectivity index (χ1) is 12.8. The Bertz CT molecular complexity index is 908.